The standard InChI is InChI=1S/C16H13N3O/c20-15(13-7-3-1-4-8-13)18-16-17-11-12-19(16)14-9-5-2-6-10-14/h1-12H,(H,17,18,20). The number of nitrogens with zero attached hydrogens (tertiary/aromatic N) is 2. The molecule has 4 nitrogen and oxygen atoms in total. The van der Waals surface area contributed by atoms with Crippen LogP contribution in [0.25, 0.3) is 5.69 Å². The van der Waals surface area contributed by atoms with Crippen LogP contribution in [0, 0.1) is 0 Å². The zero-order chi connectivity index (χ0) is 13.8. The van der Waals surface area contributed by atoms with Gasteiger partial charge in [-0.15, -0.1) is 0 Å². The molecule has 0 saturated carbocycles. The van der Waals surface area contributed by atoms with Crippen LogP contribution < -0.4 is 5.32 Å². The number of carbonyl (C=O) groups excluding carboxylic acids is 1. The third-order valence-electron chi connectivity index (χ3n) is 2.94. The molecule has 0 radical (unpaired) electrons. The summed E-state index contributed by atoms with van der Waals surface area (Å²) < 4.78 is 1.83. The van der Waals surface area contributed by atoms with Gasteiger partial charge in [-0.2, -0.15) is 0 Å². The summed E-state index contributed by atoms with van der Waals surface area (Å²) in [5.41, 5.74) is 1.56. The molecule has 3 rings (SSSR count). The van der Waals surface area contributed by atoms with Gasteiger partial charge in [-0.3, -0.25) is 14.7 Å². The van der Waals surface area contributed by atoms with Gasteiger partial charge in [0.1, 0.15) is 0 Å². The Kier molecular flexibility index (Phi) is 3.29. The van der Waals surface area contributed by atoms with Crippen LogP contribution in [-0.4, -0.2) is 15.5 Å². The topological polar surface area (TPSA) is 46.9 Å². The van der Waals surface area contributed by atoms with E-state index < -0.39 is 0 Å². The van der Waals surface area contributed by atoms with Gasteiger partial charge in [0.15, 0.2) is 0 Å². The Morgan fingerprint density at radius 2 is 1.60 bits per heavy atom. The van der Waals surface area contributed by atoms with Crippen molar-refractivity contribution in [3.63, 3.8) is 0 Å². The van der Waals surface area contributed by atoms with Crippen molar-refractivity contribution in [3.8, 4) is 5.69 Å². The van der Waals surface area contributed by atoms with Crippen LogP contribution in [0.4, 0.5) is 5.95 Å². The molecule has 0 aliphatic heterocycles. The van der Waals surface area contributed by atoms with Crippen molar-refractivity contribution in [2.45, 2.75) is 0 Å². The van der Waals surface area contributed by atoms with Crippen molar-refractivity contribution in [1.29, 1.82) is 0 Å². The molecule has 1 aromatic heterocycles. The van der Waals surface area contributed by atoms with Crippen LogP contribution in [0.2, 0.25) is 0 Å². The summed E-state index contributed by atoms with van der Waals surface area (Å²) in [6.07, 6.45) is 3.48. The number of carbonyl (C=O) groups is 1. The Labute approximate surface area is 116 Å². The minimum absolute atomic E-state index is 0.172. The number of aromatic nitrogens is 2. The second-order valence-corrected chi connectivity index (χ2v) is 4.28. The summed E-state index contributed by atoms with van der Waals surface area (Å²) in [7, 11) is 0. The predicted octanol–water partition coefficient (Wildman–Crippen LogP) is 3.12. The van der Waals surface area contributed by atoms with E-state index >= 15 is 0 Å². The van der Waals surface area contributed by atoms with Gasteiger partial charge >= 0.3 is 0 Å². The minimum Gasteiger partial charge on any atom is -0.292 e. The second-order valence-electron chi connectivity index (χ2n) is 4.28. The number of imidazole rings is 1. The van der Waals surface area contributed by atoms with Gasteiger partial charge in [0, 0.05) is 23.6 Å². The Bertz CT molecular complexity index is 705. The smallest absolute Gasteiger partial charge is 0.257 e. The maximum atomic E-state index is 12.1. The summed E-state index contributed by atoms with van der Waals surface area (Å²) in [4.78, 5) is 16.3. The van der Waals surface area contributed by atoms with Gasteiger partial charge in [0.05, 0.1) is 0 Å². The number of para-hydroxylation sites is 1. The van der Waals surface area contributed by atoms with E-state index in [0.717, 1.165) is 5.69 Å². The van der Waals surface area contributed by atoms with E-state index in [9.17, 15) is 4.79 Å². The fourth-order valence-electron chi connectivity index (χ4n) is 1.96. The zero-order valence-corrected chi connectivity index (χ0v) is 10.7. The van der Waals surface area contributed by atoms with Crippen LogP contribution >= 0.6 is 0 Å². The molecule has 98 valence electrons. The highest BCUT2D eigenvalue weighted by molar-refractivity contribution is 6.03. The van der Waals surface area contributed by atoms with E-state index in [1.54, 1.807) is 18.3 Å². The SMILES string of the molecule is O=C(Nc1nccn1-c1ccccc1)c1ccccc1. The first-order chi connectivity index (χ1) is 9.84. The van der Waals surface area contributed by atoms with Crippen LogP contribution in [0.3, 0.4) is 0 Å². The molecular weight excluding hydrogens is 250 g/mol. The molecule has 0 spiro atoms. The maximum Gasteiger partial charge on any atom is 0.257 e. The van der Waals surface area contributed by atoms with E-state index in [-0.39, 0.29) is 5.91 Å². The molecule has 2 aromatic carbocycles. The molecule has 1 heterocycles. The quantitative estimate of drug-likeness (QED) is 0.789. The van der Waals surface area contributed by atoms with Crippen LogP contribution in [0.15, 0.2) is 73.1 Å². The van der Waals surface area contributed by atoms with Gasteiger partial charge < -0.3 is 0 Å². The van der Waals surface area contributed by atoms with Crippen LogP contribution in [0.5, 0.6) is 0 Å². The number of hydrogen-bond donors (Lipinski definition) is 1. The molecule has 0 unspecified atom stereocenters. The average molecular weight is 263 g/mol. The van der Waals surface area contributed by atoms with Crippen molar-refractivity contribution in [3.05, 3.63) is 78.6 Å². The summed E-state index contributed by atoms with van der Waals surface area (Å²) >= 11 is 0. The molecular formula is C16H13N3O. The van der Waals surface area contributed by atoms with Crippen molar-refractivity contribution in [2.75, 3.05) is 5.32 Å². The molecule has 1 N–H and O–H groups in total. The number of nitrogens with one attached hydrogen (secondary N) is 1. The lowest BCUT2D eigenvalue weighted by Crippen LogP contribution is -2.15. The zero-order valence-electron chi connectivity index (χ0n) is 10.7. The molecule has 0 fully saturated rings. The molecule has 4 heteroatoms. The molecule has 20 heavy (non-hydrogen) atoms. The first kappa shape index (κ1) is 12.2. The van der Waals surface area contributed by atoms with Gasteiger partial charge in [-0.1, -0.05) is 36.4 Å². The monoisotopic (exact) mass is 263 g/mol. The normalized spacial score (nSPS) is 10.2. The lowest BCUT2D eigenvalue weighted by molar-refractivity contribution is 0.102. The number of benzene rings is 2. The Balaban J connectivity index is 1.86. The predicted molar refractivity (Wildman–Crippen MR) is 78.0 cm³/mol. The number of anilines is 1. The van der Waals surface area contributed by atoms with Gasteiger partial charge in [-0.25, -0.2) is 4.98 Å². The highest BCUT2D eigenvalue weighted by Crippen LogP contribution is 2.14. The van der Waals surface area contributed by atoms with Gasteiger partial charge in [0.2, 0.25) is 5.95 Å². The number of rotatable bonds is 3. The molecule has 0 atom stereocenters. The highest BCUT2D eigenvalue weighted by atomic mass is 16.1. The third kappa shape index (κ3) is 2.44. The van der Waals surface area contributed by atoms with Crippen LogP contribution in [-0.2, 0) is 0 Å². The highest BCUT2D eigenvalue weighted by Gasteiger charge is 2.10. The van der Waals surface area contributed by atoms with Crippen molar-refractivity contribution in [2.24, 2.45) is 0 Å². The van der Waals surface area contributed by atoms with E-state index in [4.69, 9.17) is 0 Å². The summed E-state index contributed by atoms with van der Waals surface area (Å²) in [5, 5.41) is 2.82. The van der Waals surface area contributed by atoms with Crippen molar-refractivity contribution >= 4 is 11.9 Å². The summed E-state index contributed by atoms with van der Waals surface area (Å²) in [6, 6.07) is 18.8. The fraction of sp³-hybridized carbons (Fsp3) is 0. The average Bonchev–Trinajstić information content (AvgIpc) is 2.97. The lowest BCUT2D eigenvalue weighted by atomic mass is 10.2. The largest absolute Gasteiger partial charge is 0.292 e. The number of amides is 1. The van der Waals surface area contributed by atoms with Gasteiger partial charge in [-0.05, 0) is 24.3 Å². The first-order valence-electron chi connectivity index (χ1n) is 6.30. The van der Waals surface area contributed by atoms with Crippen molar-refractivity contribution < 1.29 is 4.79 Å². The second kappa shape index (κ2) is 5.40. The van der Waals surface area contributed by atoms with Crippen molar-refractivity contribution in [1.82, 2.24) is 9.55 Å². The third-order valence-corrected chi connectivity index (χ3v) is 2.94. The fourth-order valence-corrected chi connectivity index (χ4v) is 1.96. The van der Waals surface area contributed by atoms with E-state index in [1.807, 2.05) is 59.3 Å². The van der Waals surface area contributed by atoms with E-state index in [0.29, 0.717) is 11.5 Å². The summed E-state index contributed by atoms with van der Waals surface area (Å²) in [5.74, 6) is 0.332. The van der Waals surface area contributed by atoms with Gasteiger partial charge in [0.25, 0.3) is 5.91 Å². The first-order valence-corrected chi connectivity index (χ1v) is 6.30. The molecule has 0 bridgehead atoms. The molecule has 0 saturated heterocycles. The molecule has 0 aliphatic carbocycles. The number of hydrogen-bond acceptors (Lipinski definition) is 2. The Hall–Kier alpha value is -2.88. The maximum absolute atomic E-state index is 12.1. The van der Waals surface area contributed by atoms with E-state index in [2.05, 4.69) is 10.3 Å². The summed E-state index contributed by atoms with van der Waals surface area (Å²) in [6.45, 7) is 0. The van der Waals surface area contributed by atoms with Crippen LogP contribution in [0.1, 0.15) is 10.4 Å². The lowest BCUT2D eigenvalue weighted by Gasteiger charge is -2.08. The van der Waals surface area contributed by atoms with E-state index in [1.165, 1.54) is 0 Å². The molecule has 3 aromatic rings. The minimum atomic E-state index is -0.172. The Morgan fingerprint density at radius 3 is 2.30 bits per heavy atom. The molecule has 1 amide bonds. The molecule has 0 aliphatic rings. The Morgan fingerprint density at radius 1 is 0.950 bits per heavy atom.